The summed E-state index contributed by atoms with van der Waals surface area (Å²) < 4.78 is 0. The van der Waals surface area contributed by atoms with Gasteiger partial charge in [0.2, 0.25) is 0 Å². The molecule has 0 aliphatic heterocycles. The molecule has 0 aliphatic rings. The van der Waals surface area contributed by atoms with Crippen molar-refractivity contribution in [3.8, 4) is 45.3 Å². The molecular formula is C28H22N2O4. The molecular weight excluding hydrogens is 428 g/mol. The molecule has 0 amide bonds. The van der Waals surface area contributed by atoms with E-state index in [1.165, 1.54) is 0 Å². The number of aromatic amines is 1. The SMILES string of the molecule is Oc1ccc(-c2ccc(O)c(C(c3cnc[nH]3)c3cc(-c4ccc(O)cc4)ccc3O)c2)cc1. The van der Waals surface area contributed by atoms with E-state index in [1.807, 2.05) is 24.3 Å². The van der Waals surface area contributed by atoms with E-state index in [4.69, 9.17) is 0 Å². The molecule has 5 rings (SSSR count). The zero-order valence-corrected chi connectivity index (χ0v) is 18.1. The first-order valence-corrected chi connectivity index (χ1v) is 10.7. The second-order valence-corrected chi connectivity index (χ2v) is 8.08. The van der Waals surface area contributed by atoms with Crippen LogP contribution in [0.4, 0.5) is 0 Å². The average Bonchev–Trinajstić information content (AvgIpc) is 3.37. The van der Waals surface area contributed by atoms with E-state index in [-0.39, 0.29) is 23.0 Å². The van der Waals surface area contributed by atoms with Gasteiger partial charge in [-0.15, -0.1) is 0 Å². The van der Waals surface area contributed by atoms with Crippen LogP contribution >= 0.6 is 0 Å². The molecule has 4 aromatic carbocycles. The summed E-state index contributed by atoms with van der Waals surface area (Å²) >= 11 is 0. The van der Waals surface area contributed by atoms with E-state index >= 15 is 0 Å². The van der Waals surface area contributed by atoms with Crippen LogP contribution in [0.1, 0.15) is 22.7 Å². The normalized spacial score (nSPS) is 11.1. The summed E-state index contributed by atoms with van der Waals surface area (Å²) in [5, 5.41) is 41.0. The fraction of sp³-hybridized carbons (Fsp3) is 0.0357. The third-order valence-corrected chi connectivity index (χ3v) is 5.91. The quantitative estimate of drug-likeness (QED) is 0.234. The van der Waals surface area contributed by atoms with Crippen molar-refractivity contribution in [1.82, 2.24) is 9.97 Å². The number of aromatic hydroxyl groups is 4. The van der Waals surface area contributed by atoms with Gasteiger partial charge in [0.05, 0.1) is 12.2 Å². The van der Waals surface area contributed by atoms with E-state index in [0.717, 1.165) is 22.3 Å². The van der Waals surface area contributed by atoms with Gasteiger partial charge in [0.15, 0.2) is 0 Å². The van der Waals surface area contributed by atoms with Crippen molar-refractivity contribution in [2.45, 2.75) is 5.92 Å². The highest BCUT2D eigenvalue weighted by Crippen LogP contribution is 2.42. The van der Waals surface area contributed by atoms with Crippen molar-refractivity contribution in [2.75, 3.05) is 0 Å². The van der Waals surface area contributed by atoms with E-state index in [2.05, 4.69) is 9.97 Å². The highest BCUT2D eigenvalue weighted by atomic mass is 16.3. The van der Waals surface area contributed by atoms with Gasteiger partial charge in [0, 0.05) is 23.0 Å². The third-order valence-electron chi connectivity index (χ3n) is 5.91. The smallest absolute Gasteiger partial charge is 0.119 e. The molecule has 5 N–H and O–H groups in total. The van der Waals surface area contributed by atoms with Crippen LogP contribution < -0.4 is 0 Å². The number of benzene rings is 4. The Morgan fingerprint density at radius 1 is 0.559 bits per heavy atom. The Bertz CT molecular complexity index is 1330. The second-order valence-electron chi connectivity index (χ2n) is 8.08. The summed E-state index contributed by atoms with van der Waals surface area (Å²) in [6.07, 6.45) is 3.23. The van der Waals surface area contributed by atoms with Gasteiger partial charge < -0.3 is 25.4 Å². The van der Waals surface area contributed by atoms with Gasteiger partial charge in [0.1, 0.15) is 23.0 Å². The number of phenols is 4. The zero-order valence-electron chi connectivity index (χ0n) is 18.1. The molecule has 5 aromatic rings. The third kappa shape index (κ3) is 4.04. The Labute approximate surface area is 196 Å². The Hall–Kier alpha value is -4.71. The predicted octanol–water partition coefficient (Wildman–Crippen LogP) is 5.75. The van der Waals surface area contributed by atoms with Crippen molar-refractivity contribution in [3.63, 3.8) is 0 Å². The summed E-state index contributed by atoms with van der Waals surface area (Å²) in [6, 6.07) is 24.3. The van der Waals surface area contributed by atoms with Crippen LogP contribution in [0.2, 0.25) is 0 Å². The minimum absolute atomic E-state index is 0.0802. The topological polar surface area (TPSA) is 110 Å². The highest BCUT2D eigenvalue weighted by molar-refractivity contribution is 5.70. The lowest BCUT2D eigenvalue weighted by Crippen LogP contribution is -2.05. The van der Waals surface area contributed by atoms with Gasteiger partial charge in [-0.2, -0.15) is 0 Å². The van der Waals surface area contributed by atoms with Gasteiger partial charge in [-0.3, -0.25) is 0 Å². The molecule has 0 fully saturated rings. The Kier molecular flexibility index (Phi) is 5.40. The molecule has 0 unspecified atom stereocenters. The number of H-pyrrole nitrogens is 1. The number of hydrogen-bond acceptors (Lipinski definition) is 5. The number of phenolic OH excluding ortho intramolecular Hbond substituents is 4. The molecule has 0 atom stereocenters. The largest absolute Gasteiger partial charge is 0.508 e. The maximum atomic E-state index is 10.9. The minimum atomic E-state index is -0.531. The molecule has 0 spiro atoms. The first-order valence-electron chi connectivity index (χ1n) is 10.7. The van der Waals surface area contributed by atoms with Crippen LogP contribution in [-0.4, -0.2) is 30.4 Å². The minimum Gasteiger partial charge on any atom is -0.508 e. The van der Waals surface area contributed by atoms with Crippen LogP contribution in [0.5, 0.6) is 23.0 Å². The molecule has 0 saturated carbocycles. The fourth-order valence-corrected chi connectivity index (χ4v) is 4.17. The molecule has 6 nitrogen and oxygen atoms in total. The predicted molar refractivity (Wildman–Crippen MR) is 130 cm³/mol. The zero-order chi connectivity index (χ0) is 23.7. The molecule has 0 radical (unpaired) electrons. The number of rotatable bonds is 5. The molecule has 0 aliphatic carbocycles. The maximum Gasteiger partial charge on any atom is 0.119 e. The number of nitrogens with zero attached hydrogens (tertiary/aromatic N) is 1. The van der Waals surface area contributed by atoms with Gasteiger partial charge >= 0.3 is 0 Å². The maximum absolute atomic E-state index is 10.9. The summed E-state index contributed by atoms with van der Waals surface area (Å²) in [6.45, 7) is 0. The van der Waals surface area contributed by atoms with Gasteiger partial charge in [0.25, 0.3) is 0 Å². The standard InChI is InChI=1S/C28H22N2O4/c31-21-7-1-17(2-8-21)19-5-11-26(33)23(13-19)28(25-15-29-16-30-25)24-14-20(6-12-27(24)34)18-3-9-22(32)10-4-18/h1-16,28,31-34H,(H,29,30). The van der Waals surface area contributed by atoms with Crippen molar-refractivity contribution >= 4 is 0 Å². The number of nitrogens with one attached hydrogen (secondary N) is 1. The van der Waals surface area contributed by atoms with Crippen LogP contribution in [0.3, 0.4) is 0 Å². The Morgan fingerprint density at radius 2 is 1.00 bits per heavy atom. The molecule has 34 heavy (non-hydrogen) atoms. The van der Waals surface area contributed by atoms with Gasteiger partial charge in [-0.05, 0) is 70.8 Å². The summed E-state index contributed by atoms with van der Waals surface area (Å²) in [5.74, 6) is -0.0205. The first-order chi connectivity index (χ1) is 16.5. The van der Waals surface area contributed by atoms with Crippen LogP contribution in [0.15, 0.2) is 97.5 Å². The fourth-order valence-electron chi connectivity index (χ4n) is 4.17. The molecule has 1 aromatic heterocycles. The van der Waals surface area contributed by atoms with E-state index < -0.39 is 5.92 Å². The lowest BCUT2D eigenvalue weighted by molar-refractivity contribution is 0.458. The molecule has 1 heterocycles. The number of imidazole rings is 1. The van der Waals surface area contributed by atoms with Crippen molar-refractivity contribution in [1.29, 1.82) is 0 Å². The summed E-state index contributed by atoms with van der Waals surface area (Å²) in [4.78, 5) is 7.28. The van der Waals surface area contributed by atoms with Crippen molar-refractivity contribution < 1.29 is 20.4 Å². The van der Waals surface area contributed by atoms with E-state index in [9.17, 15) is 20.4 Å². The molecule has 0 saturated heterocycles. The Morgan fingerprint density at radius 3 is 1.41 bits per heavy atom. The van der Waals surface area contributed by atoms with Gasteiger partial charge in [-0.25, -0.2) is 4.98 Å². The monoisotopic (exact) mass is 450 g/mol. The van der Waals surface area contributed by atoms with Crippen molar-refractivity contribution in [2.24, 2.45) is 0 Å². The first kappa shape index (κ1) is 21.2. The highest BCUT2D eigenvalue weighted by Gasteiger charge is 2.25. The van der Waals surface area contributed by atoms with Gasteiger partial charge in [-0.1, -0.05) is 36.4 Å². The molecule has 0 bridgehead atoms. The van der Waals surface area contributed by atoms with Crippen LogP contribution in [0.25, 0.3) is 22.3 Å². The molecule has 6 heteroatoms. The lowest BCUT2D eigenvalue weighted by atomic mass is 9.84. The lowest BCUT2D eigenvalue weighted by Gasteiger charge is -2.21. The van der Waals surface area contributed by atoms with E-state index in [1.54, 1.807) is 73.2 Å². The molecule has 168 valence electrons. The van der Waals surface area contributed by atoms with E-state index in [0.29, 0.717) is 16.8 Å². The summed E-state index contributed by atoms with van der Waals surface area (Å²) in [5.41, 5.74) is 5.35. The van der Waals surface area contributed by atoms with Crippen LogP contribution in [0, 0.1) is 0 Å². The second kappa shape index (κ2) is 8.67. The van der Waals surface area contributed by atoms with Crippen LogP contribution in [-0.2, 0) is 0 Å². The Balaban J connectivity index is 1.67. The van der Waals surface area contributed by atoms with Crippen molar-refractivity contribution in [3.05, 3.63) is 114 Å². The average molecular weight is 450 g/mol. The number of aromatic nitrogens is 2. The summed E-state index contributed by atoms with van der Waals surface area (Å²) in [7, 11) is 0. The number of hydrogen-bond donors (Lipinski definition) is 5.